The first-order chi connectivity index (χ1) is 9.72. The number of rotatable bonds is 7. The van der Waals surface area contributed by atoms with Gasteiger partial charge in [0.2, 0.25) is 10.0 Å². The lowest BCUT2D eigenvalue weighted by atomic mass is 10.1. The van der Waals surface area contributed by atoms with Crippen LogP contribution in [0.15, 0.2) is 21.5 Å². The summed E-state index contributed by atoms with van der Waals surface area (Å²) in [5.74, 6) is -0.497. The van der Waals surface area contributed by atoms with E-state index in [2.05, 4.69) is 20.7 Å². The molecule has 0 amide bonds. The van der Waals surface area contributed by atoms with Crippen LogP contribution in [0.5, 0.6) is 0 Å². The number of hydrogen-bond acceptors (Lipinski definition) is 4. The number of aromatic carboxylic acids is 1. The standard InChI is InChI=1S/C13H18BrNO4S2/c1-4-10(7-20-3)15-21(18,19)11-6-9(13(16)17)5-8(2)12(11)14/h5-6,10,15H,4,7H2,1-3H3,(H,16,17). The molecule has 1 unspecified atom stereocenters. The average molecular weight is 396 g/mol. The zero-order valence-electron chi connectivity index (χ0n) is 12.0. The van der Waals surface area contributed by atoms with Gasteiger partial charge in [0.15, 0.2) is 0 Å². The highest BCUT2D eigenvalue weighted by Gasteiger charge is 2.24. The predicted octanol–water partition coefficient (Wildman–Crippen LogP) is 2.88. The van der Waals surface area contributed by atoms with Crippen LogP contribution in [-0.2, 0) is 10.0 Å². The SMILES string of the molecule is CCC(CSC)NS(=O)(=O)c1cc(C(=O)O)cc(C)c1Br. The van der Waals surface area contributed by atoms with E-state index in [9.17, 15) is 13.2 Å². The van der Waals surface area contributed by atoms with Crippen molar-refractivity contribution < 1.29 is 18.3 Å². The molecule has 21 heavy (non-hydrogen) atoms. The molecule has 5 nitrogen and oxygen atoms in total. The molecule has 0 saturated heterocycles. The molecule has 0 spiro atoms. The molecule has 0 fully saturated rings. The first kappa shape index (κ1) is 18.5. The Balaban J connectivity index is 3.27. The van der Waals surface area contributed by atoms with Gasteiger partial charge in [-0.05, 0) is 53.2 Å². The number of hydrogen-bond donors (Lipinski definition) is 2. The predicted molar refractivity (Wildman–Crippen MR) is 88.6 cm³/mol. The summed E-state index contributed by atoms with van der Waals surface area (Å²) in [6.07, 6.45) is 2.57. The third-order valence-electron chi connectivity index (χ3n) is 2.94. The smallest absolute Gasteiger partial charge is 0.335 e. The van der Waals surface area contributed by atoms with Gasteiger partial charge in [0, 0.05) is 16.3 Å². The minimum absolute atomic E-state index is 0.0422. The molecule has 2 N–H and O–H groups in total. The number of aryl methyl sites for hydroxylation is 1. The van der Waals surface area contributed by atoms with Gasteiger partial charge in [-0.1, -0.05) is 6.92 Å². The molecule has 0 radical (unpaired) electrons. The van der Waals surface area contributed by atoms with Crippen molar-refractivity contribution in [2.24, 2.45) is 0 Å². The van der Waals surface area contributed by atoms with Crippen LogP contribution in [-0.4, -0.2) is 37.5 Å². The molecule has 118 valence electrons. The Morgan fingerprint density at radius 1 is 1.48 bits per heavy atom. The van der Waals surface area contributed by atoms with Crippen molar-refractivity contribution >= 4 is 43.7 Å². The monoisotopic (exact) mass is 395 g/mol. The summed E-state index contributed by atoms with van der Waals surface area (Å²) in [6.45, 7) is 3.56. The number of thioether (sulfide) groups is 1. The third-order valence-corrected chi connectivity index (χ3v) is 6.54. The molecular formula is C13H18BrNO4S2. The topological polar surface area (TPSA) is 83.5 Å². The molecule has 0 aliphatic rings. The van der Waals surface area contributed by atoms with Crippen LogP contribution < -0.4 is 4.72 Å². The normalized spacial score (nSPS) is 13.1. The highest BCUT2D eigenvalue weighted by molar-refractivity contribution is 9.10. The Bertz CT molecular complexity index is 631. The number of benzene rings is 1. The van der Waals surface area contributed by atoms with Gasteiger partial charge in [0.25, 0.3) is 0 Å². The summed E-state index contributed by atoms with van der Waals surface area (Å²) in [4.78, 5) is 11.0. The van der Waals surface area contributed by atoms with Gasteiger partial charge in [0.1, 0.15) is 0 Å². The minimum atomic E-state index is -3.78. The van der Waals surface area contributed by atoms with Gasteiger partial charge in [0.05, 0.1) is 10.5 Å². The highest BCUT2D eigenvalue weighted by Crippen LogP contribution is 2.27. The fourth-order valence-corrected chi connectivity index (χ4v) is 4.97. The summed E-state index contributed by atoms with van der Waals surface area (Å²) in [6, 6.07) is 2.42. The molecule has 0 aliphatic heterocycles. The van der Waals surface area contributed by atoms with E-state index >= 15 is 0 Å². The number of carbonyl (C=O) groups is 1. The molecule has 0 saturated carbocycles. The van der Waals surface area contributed by atoms with Crippen LogP contribution in [0.1, 0.15) is 29.3 Å². The molecule has 1 aromatic carbocycles. The second kappa shape index (κ2) is 7.62. The van der Waals surface area contributed by atoms with E-state index in [0.717, 1.165) is 0 Å². The largest absolute Gasteiger partial charge is 0.478 e. The van der Waals surface area contributed by atoms with E-state index in [-0.39, 0.29) is 16.5 Å². The van der Waals surface area contributed by atoms with Gasteiger partial charge in [-0.15, -0.1) is 0 Å². The second-order valence-corrected chi connectivity index (χ2v) is 7.98. The maximum Gasteiger partial charge on any atom is 0.335 e. The molecule has 0 bridgehead atoms. The fourth-order valence-electron chi connectivity index (χ4n) is 1.78. The quantitative estimate of drug-likeness (QED) is 0.741. The van der Waals surface area contributed by atoms with Gasteiger partial charge < -0.3 is 5.11 Å². The van der Waals surface area contributed by atoms with E-state index in [1.54, 1.807) is 18.7 Å². The van der Waals surface area contributed by atoms with Crippen LogP contribution >= 0.6 is 27.7 Å². The lowest BCUT2D eigenvalue weighted by molar-refractivity contribution is 0.0696. The lowest BCUT2D eigenvalue weighted by Gasteiger charge is -2.17. The van der Waals surface area contributed by atoms with Crippen LogP contribution in [0, 0.1) is 6.92 Å². The maximum atomic E-state index is 12.5. The number of nitrogens with one attached hydrogen (secondary N) is 1. The summed E-state index contributed by atoms with van der Waals surface area (Å²) in [5.41, 5.74) is 0.516. The zero-order chi connectivity index (χ0) is 16.2. The summed E-state index contributed by atoms with van der Waals surface area (Å²) in [5, 5.41) is 9.07. The van der Waals surface area contributed by atoms with Crippen molar-refractivity contribution in [1.29, 1.82) is 0 Å². The van der Waals surface area contributed by atoms with Crippen LogP contribution in [0.4, 0.5) is 0 Å². The van der Waals surface area contributed by atoms with Crippen molar-refractivity contribution in [3.8, 4) is 0 Å². The Kier molecular flexibility index (Phi) is 6.71. The number of carboxylic acids is 1. The van der Waals surface area contributed by atoms with Crippen molar-refractivity contribution in [3.05, 3.63) is 27.7 Å². The molecule has 0 aliphatic carbocycles. The van der Waals surface area contributed by atoms with Crippen molar-refractivity contribution in [2.75, 3.05) is 12.0 Å². The maximum absolute atomic E-state index is 12.5. The molecular weight excluding hydrogens is 378 g/mol. The third kappa shape index (κ3) is 4.70. The Morgan fingerprint density at radius 3 is 2.57 bits per heavy atom. The molecule has 0 heterocycles. The van der Waals surface area contributed by atoms with E-state index in [0.29, 0.717) is 22.2 Å². The first-order valence-electron chi connectivity index (χ1n) is 6.27. The highest BCUT2D eigenvalue weighted by atomic mass is 79.9. The summed E-state index contributed by atoms with van der Waals surface area (Å²) < 4.78 is 28.0. The zero-order valence-corrected chi connectivity index (χ0v) is 15.2. The minimum Gasteiger partial charge on any atom is -0.478 e. The summed E-state index contributed by atoms with van der Waals surface area (Å²) in [7, 11) is -3.78. The average Bonchev–Trinajstić information content (AvgIpc) is 2.40. The molecule has 0 aromatic heterocycles. The Morgan fingerprint density at radius 2 is 2.10 bits per heavy atom. The van der Waals surface area contributed by atoms with E-state index in [4.69, 9.17) is 5.11 Å². The number of halogens is 1. The van der Waals surface area contributed by atoms with Gasteiger partial charge in [-0.25, -0.2) is 17.9 Å². The Labute approximate surface area is 137 Å². The molecule has 1 aromatic rings. The van der Waals surface area contributed by atoms with E-state index < -0.39 is 16.0 Å². The number of carboxylic acid groups (broad SMARTS) is 1. The fraction of sp³-hybridized carbons (Fsp3) is 0.462. The van der Waals surface area contributed by atoms with Crippen LogP contribution in [0.2, 0.25) is 0 Å². The van der Waals surface area contributed by atoms with Crippen molar-refractivity contribution in [2.45, 2.75) is 31.2 Å². The molecule has 1 rings (SSSR count). The second-order valence-electron chi connectivity index (χ2n) is 4.59. The van der Waals surface area contributed by atoms with E-state index in [1.165, 1.54) is 12.1 Å². The van der Waals surface area contributed by atoms with Gasteiger partial charge in [-0.3, -0.25) is 0 Å². The van der Waals surface area contributed by atoms with Crippen molar-refractivity contribution in [1.82, 2.24) is 4.72 Å². The van der Waals surface area contributed by atoms with Crippen LogP contribution in [0.3, 0.4) is 0 Å². The van der Waals surface area contributed by atoms with E-state index in [1.807, 2.05) is 13.2 Å². The number of sulfonamides is 1. The lowest BCUT2D eigenvalue weighted by Crippen LogP contribution is -2.36. The molecule has 1 atom stereocenters. The van der Waals surface area contributed by atoms with Crippen LogP contribution in [0.25, 0.3) is 0 Å². The molecule has 8 heteroatoms. The Hall–Kier alpha value is -0.570. The van der Waals surface area contributed by atoms with Crippen molar-refractivity contribution in [3.63, 3.8) is 0 Å². The first-order valence-corrected chi connectivity index (χ1v) is 9.94. The van der Waals surface area contributed by atoms with Gasteiger partial charge in [-0.2, -0.15) is 11.8 Å². The van der Waals surface area contributed by atoms with Gasteiger partial charge >= 0.3 is 5.97 Å². The summed E-state index contributed by atoms with van der Waals surface area (Å²) >= 11 is 4.79.